The van der Waals surface area contributed by atoms with Gasteiger partial charge in [-0.05, 0) is 84.0 Å². The van der Waals surface area contributed by atoms with Crippen LogP contribution >= 0.6 is 0 Å². The van der Waals surface area contributed by atoms with Gasteiger partial charge in [-0.1, -0.05) is 45.1 Å². The summed E-state index contributed by atoms with van der Waals surface area (Å²) >= 11 is 0. The van der Waals surface area contributed by atoms with Gasteiger partial charge in [0.15, 0.2) is 34.5 Å². The highest BCUT2D eigenvalue weighted by molar-refractivity contribution is 5.91. The molecule has 0 aromatic heterocycles. The number of phenols is 6. The molecule has 45 heavy (non-hydrogen) atoms. The van der Waals surface area contributed by atoms with Crippen LogP contribution in [0.1, 0.15) is 60.9 Å². The number of nitrogens with one attached hydrogen (secondary N) is 1. The van der Waals surface area contributed by atoms with Crippen LogP contribution in [-0.2, 0) is 20.7 Å². The third-order valence-electron chi connectivity index (χ3n) is 7.16. The molecule has 8 N–H and O–H groups in total. The molecular weight excluding hydrogens is 582 g/mol. The summed E-state index contributed by atoms with van der Waals surface area (Å²) < 4.78 is 5.38. The Kier molecular flexibility index (Phi) is 11.8. The molecule has 0 heterocycles. The molecule has 0 aliphatic rings. The smallest absolute Gasteiger partial charge is 0.345 e. The summed E-state index contributed by atoms with van der Waals surface area (Å²) in [6, 6.07) is 9.34. The number of carbonyl (C=O) groups is 2. The molecule has 2 atom stereocenters. The monoisotopic (exact) mass is 621 g/mol. The number of carboxylic acids is 1. The SMILES string of the molecule is CCNCC(c1ccc(O)c(O)c1)C(OC(=O)C=Cc1cc(O)c(O)c(CCC(C)C)c1C=Cc1ccc(O)c(O)c1)C(=O)O. The Bertz CT molecular complexity index is 1580. The van der Waals surface area contributed by atoms with E-state index in [1.54, 1.807) is 18.2 Å². The fraction of sp³-hybridized carbons (Fsp3) is 0.294. The summed E-state index contributed by atoms with van der Waals surface area (Å²) in [7, 11) is 0. The zero-order valence-electron chi connectivity index (χ0n) is 25.3. The van der Waals surface area contributed by atoms with E-state index in [4.69, 9.17) is 4.74 Å². The zero-order valence-corrected chi connectivity index (χ0v) is 25.3. The molecule has 0 spiro atoms. The second-order valence-corrected chi connectivity index (χ2v) is 10.9. The van der Waals surface area contributed by atoms with Gasteiger partial charge in [0.25, 0.3) is 0 Å². The normalized spacial score (nSPS) is 13.0. The Morgan fingerprint density at radius 2 is 1.51 bits per heavy atom. The highest BCUT2D eigenvalue weighted by atomic mass is 16.6. The molecule has 3 rings (SSSR count). The Hall–Kier alpha value is -5.16. The van der Waals surface area contributed by atoms with Crippen molar-refractivity contribution in [1.82, 2.24) is 5.32 Å². The molecule has 0 aliphatic heterocycles. The Morgan fingerprint density at radius 3 is 2.11 bits per heavy atom. The maximum atomic E-state index is 13.0. The van der Waals surface area contributed by atoms with Gasteiger partial charge in [0.05, 0.1) is 0 Å². The van der Waals surface area contributed by atoms with Gasteiger partial charge < -0.3 is 45.8 Å². The summed E-state index contributed by atoms with van der Waals surface area (Å²) in [4.78, 5) is 25.3. The first kappa shape index (κ1) is 34.3. The topological polar surface area (TPSA) is 197 Å². The van der Waals surface area contributed by atoms with Gasteiger partial charge in [-0.25, -0.2) is 9.59 Å². The van der Waals surface area contributed by atoms with Gasteiger partial charge in [-0.3, -0.25) is 0 Å². The molecular formula is C34H39NO10. The Labute approximate surface area is 261 Å². The number of hydrogen-bond donors (Lipinski definition) is 8. The average Bonchev–Trinajstić information content (AvgIpc) is 2.98. The first-order valence-electron chi connectivity index (χ1n) is 14.4. The molecule has 0 fully saturated rings. The van der Waals surface area contributed by atoms with Crippen molar-refractivity contribution in [2.75, 3.05) is 13.1 Å². The van der Waals surface area contributed by atoms with Gasteiger partial charge in [-0.2, -0.15) is 0 Å². The van der Waals surface area contributed by atoms with Crippen LogP contribution in [0.2, 0.25) is 0 Å². The van der Waals surface area contributed by atoms with Gasteiger partial charge in [0, 0.05) is 24.1 Å². The second kappa shape index (κ2) is 15.5. The standard InChI is InChI=1S/C34H39NO10/c1-4-35-18-25(22-8-13-27(37)29(39)16-22)33(34(43)44)45-31(41)14-9-21-17-30(40)32(42)24(10-5-19(2)3)23(21)11-6-20-7-12-26(36)28(38)15-20/h6-9,11-17,19,25,33,35-40,42H,4-5,10,18H2,1-3H3,(H,43,44). The maximum absolute atomic E-state index is 13.0. The van der Waals surface area contributed by atoms with Crippen molar-refractivity contribution in [3.63, 3.8) is 0 Å². The number of carboxylic acid groups (broad SMARTS) is 1. The van der Waals surface area contributed by atoms with Crippen molar-refractivity contribution in [1.29, 1.82) is 0 Å². The van der Waals surface area contributed by atoms with E-state index in [1.165, 1.54) is 42.5 Å². The van der Waals surface area contributed by atoms with Gasteiger partial charge in [0.2, 0.25) is 6.10 Å². The summed E-state index contributed by atoms with van der Waals surface area (Å²) in [5, 5.41) is 73.5. The number of ether oxygens (including phenoxy) is 1. The predicted octanol–water partition coefficient (Wildman–Crippen LogP) is 5.08. The minimum atomic E-state index is -1.67. The Morgan fingerprint density at radius 1 is 0.844 bits per heavy atom. The van der Waals surface area contributed by atoms with Crippen molar-refractivity contribution in [3.8, 4) is 34.5 Å². The summed E-state index contributed by atoms with van der Waals surface area (Å²) in [6.07, 6.45) is 4.99. The maximum Gasteiger partial charge on any atom is 0.345 e. The number of carbonyl (C=O) groups excluding carboxylic acids is 1. The third-order valence-corrected chi connectivity index (χ3v) is 7.16. The minimum Gasteiger partial charge on any atom is -0.504 e. The van der Waals surface area contributed by atoms with Crippen molar-refractivity contribution < 1.29 is 50.1 Å². The van der Waals surface area contributed by atoms with E-state index in [2.05, 4.69) is 5.32 Å². The molecule has 0 bridgehead atoms. The first-order valence-corrected chi connectivity index (χ1v) is 14.4. The highest BCUT2D eigenvalue weighted by Crippen LogP contribution is 2.38. The van der Waals surface area contributed by atoms with Crippen LogP contribution in [0.25, 0.3) is 18.2 Å². The summed E-state index contributed by atoms with van der Waals surface area (Å²) in [5.41, 5.74) is 2.04. The molecule has 3 aromatic rings. The van der Waals surface area contributed by atoms with E-state index < -0.39 is 35.5 Å². The van der Waals surface area contributed by atoms with Crippen LogP contribution in [0.15, 0.2) is 48.5 Å². The quantitative estimate of drug-likeness (QED) is 0.0517. The van der Waals surface area contributed by atoms with Crippen LogP contribution in [0, 0.1) is 5.92 Å². The van der Waals surface area contributed by atoms with Crippen LogP contribution in [0.4, 0.5) is 0 Å². The lowest BCUT2D eigenvalue weighted by molar-refractivity contribution is -0.162. The molecule has 11 nitrogen and oxygen atoms in total. The van der Waals surface area contributed by atoms with Gasteiger partial charge in [0.1, 0.15) is 0 Å². The number of aliphatic carboxylic acids is 1. The van der Waals surface area contributed by atoms with E-state index >= 15 is 0 Å². The molecule has 11 heteroatoms. The molecule has 240 valence electrons. The minimum absolute atomic E-state index is 0.0848. The molecule has 0 saturated heterocycles. The van der Waals surface area contributed by atoms with Crippen molar-refractivity contribution in [3.05, 3.63) is 76.4 Å². The van der Waals surface area contributed by atoms with Crippen LogP contribution in [-0.4, -0.2) is 66.9 Å². The third kappa shape index (κ3) is 9.16. The molecule has 0 saturated carbocycles. The number of benzene rings is 3. The fourth-order valence-electron chi connectivity index (χ4n) is 4.69. The van der Waals surface area contributed by atoms with Gasteiger partial charge >= 0.3 is 11.9 Å². The second-order valence-electron chi connectivity index (χ2n) is 10.9. The van der Waals surface area contributed by atoms with Crippen molar-refractivity contribution in [2.24, 2.45) is 5.92 Å². The zero-order chi connectivity index (χ0) is 33.3. The lowest BCUT2D eigenvalue weighted by Gasteiger charge is -2.24. The predicted molar refractivity (Wildman–Crippen MR) is 169 cm³/mol. The largest absolute Gasteiger partial charge is 0.504 e. The first-order chi connectivity index (χ1) is 21.3. The lowest BCUT2D eigenvalue weighted by Crippen LogP contribution is -2.38. The van der Waals surface area contributed by atoms with Crippen LogP contribution in [0.3, 0.4) is 0 Å². The molecule has 3 aromatic carbocycles. The van der Waals surface area contributed by atoms with E-state index in [9.17, 15) is 45.3 Å². The van der Waals surface area contributed by atoms with Crippen molar-refractivity contribution >= 4 is 30.2 Å². The van der Waals surface area contributed by atoms with Crippen molar-refractivity contribution in [2.45, 2.75) is 45.6 Å². The highest BCUT2D eigenvalue weighted by Gasteiger charge is 2.33. The number of hydrogen-bond acceptors (Lipinski definition) is 10. The Balaban J connectivity index is 2.00. The number of aromatic hydroxyl groups is 6. The lowest BCUT2D eigenvalue weighted by atomic mass is 9.92. The average molecular weight is 622 g/mol. The fourth-order valence-corrected chi connectivity index (χ4v) is 4.69. The van der Waals surface area contributed by atoms with E-state index in [0.717, 1.165) is 6.08 Å². The molecule has 0 aliphatic carbocycles. The summed E-state index contributed by atoms with van der Waals surface area (Å²) in [6.45, 7) is 6.40. The molecule has 0 radical (unpaired) electrons. The number of esters is 1. The molecule has 0 amide bonds. The van der Waals surface area contributed by atoms with Gasteiger partial charge in [-0.15, -0.1) is 0 Å². The number of rotatable bonds is 14. The summed E-state index contributed by atoms with van der Waals surface area (Å²) in [5.74, 6) is -5.26. The number of likely N-dealkylation sites (N-methyl/N-ethyl adjacent to an activating group) is 1. The van der Waals surface area contributed by atoms with E-state index in [-0.39, 0.29) is 35.5 Å². The van der Waals surface area contributed by atoms with Crippen LogP contribution < -0.4 is 5.32 Å². The van der Waals surface area contributed by atoms with E-state index in [0.29, 0.717) is 47.2 Å². The van der Waals surface area contributed by atoms with Crippen LogP contribution in [0.5, 0.6) is 34.5 Å². The number of phenolic OH excluding ortho intramolecular Hbond substituents is 6. The molecule has 2 unspecified atom stereocenters. The van der Waals surface area contributed by atoms with E-state index in [1.807, 2.05) is 20.8 Å².